The van der Waals surface area contributed by atoms with Crippen molar-refractivity contribution in [1.82, 2.24) is 9.80 Å². The monoisotopic (exact) mass is 326 g/mol. The lowest BCUT2D eigenvalue weighted by Crippen LogP contribution is -2.43. The maximum Gasteiger partial charge on any atom is 0.317 e. The van der Waals surface area contributed by atoms with Crippen LogP contribution in [-0.4, -0.2) is 70.7 Å². The van der Waals surface area contributed by atoms with E-state index in [1.807, 2.05) is 6.92 Å². The zero-order valence-corrected chi connectivity index (χ0v) is 13.2. The number of likely N-dealkylation sites (tertiary alicyclic amines) is 1. The van der Waals surface area contributed by atoms with Gasteiger partial charge in [-0.2, -0.15) is 0 Å². The van der Waals surface area contributed by atoms with Crippen LogP contribution in [0.25, 0.3) is 0 Å². The van der Waals surface area contributed by atoms with Crippen molar-refractivity contribution in [1.29, 1.82) is 0 Å². The zero-order valence-electron chi connectivity index (χ0n) is 12.5. The number of aliphatic hydroxyl groups excluding tert-OH is 1. The fraction of sp³-hybridized carbons (Fsp3) is 0.467. The highest BCUT2D eigenvalue weighted by Crippen LogP contribution is 2.21. The largest absolute Gasteiger partial charge is 0.480 e. The molecule has 1 aliphatic heterocycles. The Morgan fingerprint density at radius 1 is 1.41 bits per heavy atom. The average Bonchev–Trinajstić information content (AvgIpc) is 2.82. The summed E-state index contributed by atoms with van der Waals surface area (Å²) < 4.78 is 0. The van der Waals surface area contributed by atoms with E-state index < -0.39 is 12.1 Å². The van der Waals surface area contributed by atoms with Crippen LogP contribution in [0.4, 0.5) is 0 Å². The number of nitrogens with zero attached hydrogens (tertiary/aromatic N) is 2. The fourth-order valence-corrected chi connectivity index (χ4v) is 2.79. The first-order valence-electron chi connectivity index (χ1n) is 6.95. The van der Waals surface area contributed by atoms with Crippen LogP contribution in [-0.2, 0) is 4.79 Å². The van der Waals surface area contributed by atoms with E-state index >= 15 is 0 Å². The Labute approximate surface area is 133 Å². The van der Waals surface area contributed by atoms with E-state index in [0.717, 1.165) is 5.56 Å². The van der Waals surface area contributed by atoms with E-state index in [4.69, 9.17) is 16.7 Å². The third-order valence-electron chi connectivity index (χ3n) is 3.92. The van der Waals surface area contributed by atoms with Crippen molar-refractivity contribution in [3.05, 3.63) is 34.3 Å². The second-order valence-electron chi connectivity index (χ2n) is 5.62. The summed E-state index contributed by atoms with van der Waals surface area (Å²) in [7, 11) is 1.62. The molecular weight excluding hydrogens is 308 g/mol. The van der Waals surface area contributed by atoms with Gasteiger partial charge < -0.3 is 15.1 Å². The van der Waals surface area contributed by atoms with E-state index in [-0.39, 0.29) is 31.6 Å². The van der Waals surface area contributed by atoms with Gasteiger partial charge in [0.25, 0.3) is 5.91 Å². The number of aryl methyl sites for hydroxylation is 1. The number of rotatable bonds is 4. The van der Waals surface area contributed by atoms with Gasteiger partial charge in [-0.3, -0.25) is 14.5 Å². The van der Waals surface area contributed by atoms with Crippen LogP contribution in [0.1, 0.15) is 15.9 Å². The zero-order chi connectivity index (χ0) is 16.4. The predicted octanol–water partition coefficient (Wildman–Crippen LogP) is 0.850. The molecule has 22 heavy (non-hydrogen) atoms. The van der Waals surface area contributed by atoms with Gasteiger partial charge in [0.15, 0.2) is 0 Å². The summed E-state index contributed by atoms with van der Waals surface area (Å²) in [4.78, 5) is 26.3. The number of β-amino-alcohol motifs (C(OH)–C–C–N with tert-alkyl or cyclic N) is 1. The number of likely N-dealkylation sites (N-methyl/N-ethyl adjacent to an activating group) is 1. The summed E-state index contributed by atoms with van der Waals surface area (Å²) >= 11 is 6.04. The SMILES string of the molecule is Cc1ccc(C(=O)N2C[C@@H](O)[C@H](N(C)CC(=O)O)C2)cc1Cl. The van der Waals surface area contributed by atoms with E-state index in [1.54, 1.807) is 30.1 Å². The van der Waals surface area contributed by atoms with Gasteiger partial charge in [-0.25, -0.2) is 0 Å². The molecule has 6 nitrogen and oxygen atoms in total. The van der Waals surface area contributed by atoms with Crippen molar-refractivity contribution in [2.24, 2.45) is 0 Å². The minimum atomic E-state index is -0.968. The number of aliphatic carboxylic acids is 1. The molecule has 1 saturated heterocycles. The summed E-state index contributed by atoms with van der Waals surface area (Å²) in [5, 5.41) is 19.4. The molecular formula is C15H19ClN2O4. The van der Waals surface area contributed by atoms with Gasteiger partial charge in [0.2, 0.25) is 0 Å². The number of benzene rings is 1. The van der Waals surface area contributed by atoms with Crippen LogP contribution < -0.4 is 0 Å². The lowest BCUT2D eigenvalue weighted by Gasteiger charge is -2.24. The molecule has 1 aliphatic rings. The Kier molecular flexibility index (Phi) is 5.05. The van der Waals surface area contributed by atoms with Gasteiger partial charge in [-0.05, 0) is 31.7 Å². The topological polar surface area (TPSA) is 81.1 Å². The normalized spacial score (nSPS) is 21.4. The maximum absolute atomic E-state index is 12.5. The molecule has 7 heteroatoms. The molecule has 1 fully saturated rings. The van der Waals surface area contributed by atoms with Crippen LogP contribution in [0.2, 0.25) is 5.02 Å². The number of carbonyl (C=O) groups is 2. The van der Waals surface area contributed by atoms with E-state index in [0.29, 0.717) is 10.6 Å². The summed E-state index contributed by atoms with van der Waals surface area (Å²) in [6.45, 7) is 2.14. The molecule has 0 radical (unpaired) electrons. The molecule has 120 valence electrons. The molecule has 0 bridgehead atoms. The predicted molar refractivity (Wildman–Crippen MR) is 82.2 cm³/mol. The number of carboxylic acids is 1. The van der Waals surface area contributed by atoms with Gasteiger partial charge in [0.1, 0.15) is 0 Å². The number of carbonyl (C=O) groups excluding carboxylic acids is 1. The van der Waals surface area contributed by atoms with Crippen molar-refractivity contribution < 1.29 is 19.8 Å². The lowest BCUT2D eigenvalue weighted by molar-refractivity contribution is -0.138. The fourth-order valence-electron chi connectivity index (χ4n) is 2.61. The number of amides is 1. The van der Waals surface area contributed by atoms with Crippen LogP contribution in [0.15, 0.2) is 18.2 Å². The molecule has 1 heterocycles. The van der Waals surface area contributed by atoms with Gasteiger partial charge in [0.05, 0.1) is 18.7 Å². The molecule has 1 amide bonds. The molecule has 0 spiro atoms. The molecule has 1 aromatic carbocycles. The summed E-state index contributed by atoms with van der Waals surface area (Å²) in [6.07, 6.45) is -0.769. The quantitative estimate of drug-likeness (QED) is 0.857. The highest BCUT2D eigenvalue weighted by Gasteiger charge is 2.37. The summed E-state index contributed by atoms with van der Waals surface area (Å²) in [5.41, 5.74) is 1.35. The minimum absolute atomic E-state index is 0.180. The van der Waals surface area contributed by atoms with Crippen LogP contribution >= 0.6 is 11.6 Å². The second-order valence-corrected chi connectivity index (χ2v) is 6.02. The first-order valence-corrected chi connectivity index (χ1v) is 7.33. The smallest absolute Gasteiger partial charge is 0.317 e. The number of hydrogen-bond donors (Lipinski definition) is 2. The van der Waals surface area contributed by atoms with Gasteiger partial charge in [-0.1, -0.05) is 17.7 Å². The Bertz CT molecular complexity index is 593. The van der Waals surface area contributed by atoms with Crippen molar-refractivity contribution in [3.8, 4) is 0 Å². The summed E-state index contributed by atoms with van der Waals surface area (Å²) in [6, 6.07) is 4.70. The Morgan fingerprint density at radius 2 is 2.09 bits per heavy atom. The Morgan fingerprint density at radius 3 is 2.68 bits per heavy atom. The van der Waals surface area contributed by atoms with Crippen LogP contribution in [0.5, 0.6) is 0 Å². The van der Waals surface area contributed by atoms with E-state index in [1.165, 1.54) is 4.90 Å². The third kappa shape index (κ3) is 3.58. The van der Waals surface area contributed by atoms with Gasteiger partial charge in [0, 0.05) is 23.7 Å². The van der Waals surface area contributed by atoms with Crippen LogP contribution in [0, 0.1) is 6.92 Å². The van der Waals surface area contributed by atoms with E-state index in [2.05, 4.69) is 0 Å². The molecule has 2 rings (SSSR count). The van der Waals surface area contributed by atoms with Crippen molar-refractivity contribution in [2.45, 2.75) is 19.1 Å². The molecule has 2 N–H and O–H groups in total. The molecule has 0 aliphatic carbocycles. The minimum Gasteiger partial charge on any atom is -0.480 e. The van der Waals surface area contributed by atoms with Gasteiger partial charge >= 0.3 is 5.97 Å². The standard InChI is InChI=1S/C15H19ClN2O4/c1-9-3-4-10(5-11(9)16)15(22)18-6-12(13(19)7-18)17(2)8-14(20)21/h3-5,12-13,19H,6-8H2,1-2H3,(H,20,21)/t12-,13-/m1/s1. The maximum atomic E-state index is 12.5. The third-order valence-corrected chi connectivity index (χ3v) is 4.32. The van der Waals surface area contributed by atoms with E-state index in [9.17, 15) is 14.7 Å². The number of halogens is 1. The second kappa shape index (κ2) is 6.64. The van der Waals surface area contributed by atoms with Crippen molar-refractivity contribution in [2.75, 3.05) is 26.7 Å². The first kappa shape index (κ1) is 16.7. The van der Waals surface area contributed by atoms with Crippen LogP contribution in [0.3, 0.4) is 0 Å². The molecule has 0 aromatic heterocycles. The molecule has 1 aromatic rings. The highest BCUT2D eigenvalue weighted by atomic mass is 35.5. The molecule has 0 unspecified atom stereocenters. The van der Waals surface area contributed by atoms with Crippen molar-refractivity contribution >= 4 is 23.5 Å². The van der Waals surface area contributed by atoms with Gasteiger partial charge in [-0.15, -0.1) is 0 Å². The molecule has 2 atom stereocenters. The first-order chi connectivity index (χ1) is 10.3. The Hall–Kier alpha value is -1.63. The number of carboxylic acid groups (broad SMARTS) is 1. The average molecular weight is 327 g/mol. The Balaban J connectivity index is 2.09. The highest BCUT2D eigenvalue weighted by molar-refractivity contribution is 6.31. The number of hydrogen-bond acceptors (Lipinski definition) is 4. The van der Waals surface area contributed by atoms with Crippen molar-refractivity contribution in [3.63, 3.8) is 0 Å². The molecule has 0 saturated carbocycles. The summed E-state index contributed by atoms with van der Waals surface area (Å²) in [5.74, 6) is -1.18. The number of aliphatic hydroxyl groups is 1. The lowest BCUT2D eigenvalue weighted by atomic mass is 10.1.